The number of aryl methyl sites for hydroxylation is 2. The largest absolute Gasteiger partial charge is 0.505 e. The first-order valence-electron chi connectivity index (χ1n) is 11.2. The van der Waals surface area contributed by atoms with Crippen molar-refractivity contribution in [3.8, 4) is 5.75 Å². The molecule has 35 heavy (non-hydrogen) atoms. The highest BCUT2D eigenvalue weighted by Crippen LogP contribution is 2.25. The molecule has 4 N–H and O–H groups in total. The second-order valence-corrected chi connectivity index (χ2v) is 8.71. The number of aliphatic carboxylic acids is 1. The van der Waals surface area contributed by atoms with E-state index < -0.39 is 23.6 Å². The topological polar surface area (TPSA) is 121 Å². The first-order valence-corrected chi connectivity index (χ1v) is 11.6. The number of urea groups is 1. The minimum Gasteiger partial charge on any atom is -0.505 e. The molecule has 9 heteroatoms. The van der Waals surface area contributed by atoms with E-state index in [1.165, 1.54) is 10.8 Å². The Hall–Kier alpha value is -3.78. The molecule has 0 aliphatic heterocycles. The van der Waals surface area contributed by atoms with Gasteiger partial charge >= 0.3 is 12.0 Å². The zero-order valence-corrected chi connectivity index (χ0v) is 20.3. The fraction of sp³-hybridized carbons (Fsp3) is 0.269. The van der Waals surface area contributed by atoms with Crippen LogP contribution >= 0.6 is 11.6 Å². The van der Waals surface area contributed by atoms with Crippen LogP contribution in [0.15, 0.2) is 59.5 Å². The van der Waals surface area contributed by atoms with E-state index in [-0.39, 0.29) is 24.4 Å². The van der Waals surface area contributed by atoms with Crippen LogP contribution in [-0.4, -0.2) is 26.8 Å². The summed E-state index contributed by atoms with van der Waals surface area (Å²) in [6.07, 6.45) is 3.00. The van der Waals surface area contributed by atoms with Gasteiger partial charge in [-0.05, 0) is 36.1 Å². The van der Waals surface area contributed by atoms with Crippen molar-refractivity contribution in [2.75, 3.05) is 5.32 Å². The molecular weight excluding hydrogens is 470 g/mol. The van der Waals surface area contributed by atoms with Crippen molar-refractivity contribution in [3.05, 3.63) is 92.4 Å². The Bertz CT molecular complexity index is 1270. The summed E-state index contributed by atoms with van der Waals surface area (Å²) < 4.78 is 1.34. The summed E-state index contributed by atoms with van der Waals surface area (Å²) in [6, 6.07) is 12.8. The predicted octanol–water partition coefficient (Wildman–Crippen LogP) is 4.85. The lowest BCUT2D eigenvalue weighted by Gasteiger charge is -2.19. The third kappa shape index (κ3) is 6.64. The third-order valence-electron chi connectivity index (χ3n) is 5.58. The lowest BCUT2D eigenvalue weighted by Crippen LogP contribution is -2.36. The maximum Gasteiger partial charge on any atom is 0.319 e. The molecule has 0 aliphatic carbocycles. The Balaban J connectivity index is 1.84. The van der Waals surface area contributed by atoms with E-state index in [0.29, 0.717) is 21.7 Å². The summed E-state index contributed by atoms with van der Waals surface area (Å²) in [5, 5.41) is 25.3. The van der Waals surface area contributed by atoms with Gasteiger partial charge in [-0.15, -0.1) is 0 Å². The average molecular weight is 498 g/mol. The maximum absolute atomic E-state index is 13.0. The minimum absolute atomic E-state index is 0.141. The van der Waals surface area contributed by atoms with E-state index in [0.717, 1.165) is 18.4 Å². The lowest BCUT2D eigenvalue weighted by molar-refractivity contribution is -0.137. The molecule has 3 aromatic rings. The van der Waals surface area contributed by atoms with Crippen LogP contribution in [0, 0.1) is 6.92 Å². The van der Waals surface area contributed by atoms with Crippen LogP contribution in [-0.2, 0) is 17.8 Å². The molecular formula is C26H28ClN3O5. The molecule has 2 aromatic carbocycles. The molecule has 1 atom stereocenters. The van der Waals surface area contributed by atoms with Gasteiger partial charge in [-0.25, -0.2) is 4.79 Å². The van der Waals surface area contributed by atoms with Gasteiger partial charge in [0, 0.05) is 16.8 Å². The number of pyridine rings is 1. The van der Waals surface area contributed by atoms with Crippen molar-refractivity contribution < 1.29 is 19.8 Å². The number of nitrogens with one attached hydrogen (secondary N) is 2. The molecule has 8 nitrogen and oxygen atoms in total. The van der Waals surface area contributed by atoms with E-state index in [1.54, 1.807) is 43.3 Å². The molecule has 0 spiro atoms. The second kappa shape index (κ2) is 11.6. The first-order chi connectivity index (χ1) is 16.7. The van der Waals surface area contributed by atoms with Crippen molar-refractivity contribution in [1.82, 2.24) is 9.88 Å². The molecule has 3 rings (SSSR count). The lowest BCUT2D eigenvalue weighted by atomic mass is 10.0. The van der Waals surface area contributed by atoms with Crippen LogP contribution in [0.1, 0.15) is 48.1 Å². The quantitative estimate of drug-likeness (QED) is 0.336. The highest BCUT2D eigenvalue weighted by Gasteiger charge is 2.21. The SMILES string of the molecule is CCCc1ccc([C@H](CC(=O)O)NC(=O)Nc2c(O)c(C)cn(Cc3ccccc3Cl)c2=O)cc1. The van der Waals surface area contributed by atoms with Crippen LogP contribution in [0.4, 0.5) is 10.5 Å². The van der Waals surface area contributed by atoms with Crippen molar-refractivity contribution in [3.63, 3.8) is 0 Å². The number of carbonyl (C=O) groups excluding carboxylic acids is 1. The van der Waals surface area contributed by atoms with Crippen LogP contribution < -0.4 is 16.2 Å². The molecule has 2 amide bonds. The van der Waals surface area contributed by atoms with E-state index >= 15 is 0 Å². The van der Waals surface area contributed by atoms with Crippen molar-refractivity contribution in [1.29, 1.82) is 0 Å². The third-order valence-corrected chi connectivity index (χ3v) is 5.95. The van der Waals surface area contributed by atoms with Crippen LogP contribution in [0.2, 0.25) is 5.02 Å². The monoisotopic (exact) mass is 497 g/mol. The van der Waals surface area contributed by atoms with Gasteiger partial charge in [-0.2, -0.15) is 0 Å². The second-order valence-electron chi connectivity index (χ2n) is 8.30. The van der Waals surface area contributed by atoms with Crippen LogP contribution in [0.5, 0.6) is 5.75 Å². The zero-order valence-electron chi connectivity index (χ0n) is 19.5. The zero-order chi connectivity index (χ0) is 25.5. The average Bonchev–Trinajstić information content (AvgIpc) is 2.81. The Morgan fingerprint density at radius 2 is 1.80 bits per heavy atom. The summed E-state index contributed by atoms with van der Waals surface area (Å²) in [4.78, 5) is 37.3. The van der Waals surface area contributed by atoms with Gasteiger partial charge in [0.1, 0.15) is 5.75 Å². The normalized spacial score (nSPS) is 11.6. The summed E-state index contributed by atoms with van der Waals surface area (Å²) in [6.45, 7) is 3.81. The van der Waals surface area contributed by atoms with E-state index in [4.69, 9.17) is 11.6 Å². The van der Waals surface area contributed by atoms with E-state index in [1.807, 2.05) is 12.1 Å². The molecule has 0 bridgehead atoms. The molecule has 0 radical (unpaired) electrons. The molecule has 1 aromatic heterocycles. The van der Waals surface area contributed by atoms with Gasteiger partial charge in [-0.3, -0.25) is 9.59 Å². The van der Waals surface area contributed by atoms with Crippen molar-refractivity contribution >= 4 is 29.3 Å². The highest BCUT2D eigenvalue weighted by atomic mass is 35.5. The fourth-order valence-corrected chi connectivity index (χ4v) is 3.97. The smallest absolute Gasteiger partial charge is 0.319 e. The molecule has 0 saturated heterocycles. The van der Waals surface area contributed by atoms with Gasteiger partial charge < -0.3 is 25.4 Å². The van der Waals surface area contributed by atoms with Crippen LogP contribution in [0.25, 0.3) is 0 Å². The Kier molecular flexibility index (Phi) is 8.54. The van der Waals surface area contributed by atoms with Gasteiger partial charge in [-0.1, -0.05) is 67.4 Å². The van der Waals surface area contributed by atoms with E-state index in [2.05, 4.69) is 17.6 Å². The molecule has 0 unspecified atom stereocenters. The number of amides is 2. The standard InChI is InChI=1S/C26H28ClN3O5/c1-3-6-17-9-11-18(12-10-17)21(13-22(31)32)28-26(35)29-23-24(33)16(2)14-30(25(23)34)15-19-7-4-5-8-20(19)27/h4-5,7-12,14,21,33H,3,6,13,15H2,1-2H3,(H,31,32)(H2,28,29,35)/t21-/m0/s1. The number of aromatic hydroxyl groups is 1. The number of benzene rings is 2. The van der Waals surface area contributed by atoms with Gasteiger partial charge in [0.25, 0.3) is 5.56 Å². The van der Waals surface area contributed by atoms with Crippen molar-refractivity contribution in [2.45, 2.75) is 45.7 Å². The summed E-state index contributed by atoms with van der Waals surface area (Å²) in [5.41, 5.74) is 1.87. The highest BCUT2D eigenvalue weighted by molar-refractivity contribution is 6.31. The number of hydrogen-bond donors (Lipinski definition) is 4. The number of nitrogens with zero attached hydrogens (tertiary/aromatic N) is 1. The first kappa shape index (κ1) is 25.8. The molecule has 1 heterocycles. The van der Waals surface area contributed by atoms with Crippen molar-refractivity contribution in [2.24, 2.45) is 0 Å². The predicted molar refractivity (Wildman–Crippen MR) is 135 cm³/mol. The molecule has 0 saturated carbocycles. The number of aromatic nitrogens is 1. The fourth-order valence-electron chi connectivity index (χ4n) is 3.78. The summed E-state index contributed by atoms with van der Waals surface area (Å²) in [5.74, 6) is -1.45. The summed E-state index contributed by atoms with van der Waals surface area (Å²) in [7, 11) is 0. The van der Waals surface area contributed by atoms with Crippen LogP contribution in [0.3, 0.4) is 0 Å². The van der Waals surface area contributed by atoms with Gasteiger partial charge in [0.05, 0.1) is 19.0 Å². The molecule has 0 fully saturated rings. The number of carboxylic acid groups (broad SMARTS) is 1. The Morgan fingerprint density at radius 1 is 1.11 bits per heavy atom. The number of carboxylic acids is 1. The Morgan fingerprint density at radius 3 is 2.43 bits per heavy atom. The van der Waals surface area contributed by atoms with E-state index in [9.17, 15) is 24.6 Å². The number of anilines is 1. The number of halogens is 1. The number of hydrogen-bond acceptors (Lipinski definition) is 4. The molecule has 184 valence electrons. The number of rotatable bonds is 9. The maximum atomic E-state index is 13.0. The Labute approximate surface area is 208 Å². The van der Waals surface area contributed by atoms with Gasteiger partial charge in [0.15, 0.2) is 5.69 Å². The minimum atomic E-state index is -1.09. The summed E-state index contributed by atoms with van der Waals surface area (Å²) >= 11 is 6.21. The number of carbonyl (C=O) groups is 2. The van der Waals surface area contributed by atoms with Gasteiger partial charge in [0.2, 0.25) is 0 Å². The molecule has 0 aliphatic rings.